The Kier molecular flexibility index (Phi) is 1.86. The number of nitrogens with zero attached hydrogens (tertiary/aromatic N) is 2. The third-order valence-electron chi connectivity index (χ3n) is 2.23. The Hall–Kier alpha value is -1.25. The molecule has 1 aromatic rings. The van der Waals surface area contributed by atoms with E-state index >= 15 is 0 Å². The summed E-state index contributed by atoms with van der Waals surface area (Å²) in [4.78, 5) is 15.4. The lowest BCUT2D eigenvalue weighted by molar-refractivity contribution is -0.571. The second-order valence-electron chi connectivity index (χ2n) is 3.05. The first-order valence-electron chi connectivity index (χ1n) is 4.22. The molecule has 0 bridgehead atoms. The lowest BCUT2D eigenvalue weighted by Gasteiger charge is -1.98. The van der Waals surface area contributed by atoms with Crippen LogP contribution in [0, 0.1) is 4.91 Å². The quantitative estimate of drug-likeness (QED) is 0.590. The maximum absolute atomic E-state index is 11.3. The third-order valence-corrected chi connectivity index (χ3v) is 2.23. The Balaban J connectivity index is 2.25. The van der Waals surface area contributed by atoms with Gasteiger partial charge in [0.05, 0.1) is 0 Å². The van der Waals surface area contributed by atoms with Crippen LogP contribution in [0.15, 0.2) is 24.4 Å². The Labute approximate surface area is 71.0 Å². The summed E-state index contributed by atoms with van der Waals surface area (Å²) in [6.45, 7) is 0.654. The van der Waals surface area contributed by atoms with E-state index in [-0.39, 0.29) is 6.04 Å². The van der Waals surface area contributed by atoms with Crippen LogP contribution in [0.4, 0.5) is 0 Å². The van der Waals surface area contributed by atoms with E-state index in [1.54, 1.807) is 6.20 Å². The molecule has 1 aliphatic rings. The van der Waals surface area contributed by atoms with E-state index < -0.39 is 0 Å². The van der Waals surface area contributed by atoms with Crippen LogP contribution in [0.3, 0.4) is 0 Å². The highest BCUT2D eigenvalue weighted by molar-refractivity contribution is 5.06. The number of hydrogen-bond acceptors (Lipinski definition) is 2. The molecular weight excluding hydrogens is 152 g/mol. The van der Waals surface area contributed by atoms with Crippen molar-refractivity contribution in [3.8, 4) is 0 Å². The monoisotopic (exact) mass is 163 g/mol. The minimum absolute atomic E-state index is 0.00574. The zero-order valence-corrected chi connectivity index (χ0v) is 6.81. The minimum atomic E-state index is 0.00574. The van der Waals surface area contributed by atoms with Crippen LogP contribution in [0.1, 0.15) is 24.6 Å². The molecule has 0 radical (unpaired) electrons. The molecule has 0 N–H and O–H groups in total. The first-order chi connectivity index (χ1) is 5.88. The molecule has 62 valence electrons. The predicted molar refractivity (Wildman–Crippen MR) is 44.7 cm³/mol. The number of nitroso groups, excluding NO2 is 1. The zero-order chi connectivity index (χ0) is 8.39. The van der Waals surface area contributed by atoms with Crippen LogP contribution < -0.4 is 0 Å². The summed E-state index contributed by atoms with van der Waals surface area (Å²) in [5.41, 5.74) is 0.907. The highest BCUT2D eigenvalue weighted by atomic mass is 16.3. The summed E-state index contributed by atoms with van der Waals surface area (Å²) >= 11 is 0. The van der Waals surface area contributed by atoms with Gasteiger partial charge < -0.3 is 0 Å². The van der Waals surface area contributed by atoms with Crippen molar-refractivity contribution >= 4 is 0 Å². The molecule has 3 nitrogen and oxygen atoms in total. The molecule has 3 heteroatoms. The predicted octanol–water partition coefficient (Wildman–Crippen LogP) is 1.70. The smallest absolute Gasteiger partial charge is 0.243 e. The molecule has 1 saturated heterocycles. The van der Waals surface area contributed by atoms with Gasteiger partial charge in [-0.15, -0.1) is 0 Å². The molecule has 2 heterocycles. The molecule has 1 unspecified atom stereocenters. The summed E-state index contributed by atoms with van der Waals surface area (Å²) in [5, 5.41) is 0. The first kappa shape index (κ1) is 7.40. The fourth-order valence-corrected chi connectivity index (χ4v) is 1.61. The average Bonchev–Trinajstić information content (AvgIpc) is 2.53. The van der Waals surface area contributed by atoms with Crippen LogP contribution in [0.2, 0.25) is 0 Å². The molecule has 0 amide bonds. The summed E-state index contributed by atoms with van der Waals surface area (Å²) in [7, 11) is 0. The van der Waals surface area contributed by atoms with E-state index in [0.29, 0.717) is 6.54 Å². The highest BCUT2D eigenvalue weighted by Crippen LogP contribution is 2.25. The minimum Gasteiger partial charge on any atom is -0.254 e. The van der Waals surface area contributed by atoms with Crippen molar-refractivity contribution in [1.82, 2.24) is 4.98 Å². The van der Waals surface area contributed by atoms with Crippen LogP contribution in [-0.4, -0.2) is 16.3 Å². The van der Waals surface area contributed by atoms with Gasteiger partial charge in [0.15, 0.2) is 6.54 Å². The van der Waals surface area contributed by atoms with Crippen molar-refractivity contribution < 1.29 is 4.76 Å². The fourth-order valence-electron chi connectivity index (χ4n) is 1.61. The lowest BCUT2D eigenvalue weighted by Crippen LogP contribution is -2.09. The van der Waals surface area contributed by atoms with Crippen LogP contribution in [0.25, 0.3) is 0 Å². The van der Waals surface area contributed by atoms with Crippen molar-refractivity contribution in [3.63, 3.8) is 0 Å². The van der Waals surface area contributed by atoms with E-state index in [1.165, 1.54) is 0 Å². The van der Waals surface area contributed by atoms with E-state index in [9.17, 15) is 4.91 Å². The van der Waals surface area contributed by atoms with Gasteiger partial charge in [-0.1, -0.05) is 6.07 Å². The lowest BCUT2D eigenvalue weighted by atomic mass is 10.1. The van der Waals surface area contributed by atoms with E-state index in [0.717, 1.165) is 23.3 Å². The normalized spacial score (nSPS) is 23.0. The summed E-state index contributed by atoms with van der Waals surface area (Å²) in [6.07, 6.45) is 3.67. The summed E-state index contributed by atoms with van der Waals surface area (Å²) in [6, 6.07) is 5.72. The van der Waals surface area contributed by atoms with Gasteiger partial charge in [-0.25, -0.2) is 0 Å². The molecule has 1 atom stereocenters. The molecule has 1 aromatic heterocycles. The second-order valence-corrected chi connectivity index (χ2v) is 3.05. The van der Waals surface area contributed by atoms with Crippen molar-refractivity contribution in [2.45, 2.75) is 18.9 Å². The number of aromatic nitrogens is 1. The Morgan fingerprint density at radius 2 is 2.42 bits per heavy atom. The molecule has 0 aromatic carbocycles. The Bertz CT molecular complexity index is 284. The standard InChI is InChI=1S/C9H11N2O/c12-11-7-3-5-9(11)8-4-1-2-6-10-8/h1-2,4,6,9H,3,5,7H2/q+1. The molecule has 0 saturated carbocycles. The van der Waals surface area contributed by atoms with Crippen LogP contribution in [0.5, 0.6) is 0 Å². The molecule has 0 aliphatic carbocycles. The van der Waals surface area contributed by atoms with Crippen molar-refractivity contribution in [1.29, 1.82) is 0 Å². The molecular formula is C9H11N2O+. The van der Waals surface area contributed by atoms with Gasteiger partial charge in [0, 0.05) is 28.7 Å². The maximum Gasteiger partial charge on any atom is 0.243 e. The fraction of sp³-hybridized carbons (Fsp3) is 0.444. The Morgan fingerprint density at radius 3 is 3.00 bits per heavy atom. The number of rotatable bonds is 1. The van der Waals surface area contributed by atoms with Crippen LogP contribution >= 0.6 is 0 Å². The zero-order valence-electron chi connectivity index (χ0n) is 6.81. The summed E-state index contributed by atoms with van der Waals surface area (Å²) < 4.78 is 1.13. The van der Waals surface area contributed by atoms with Crippen LogP contribution in [-0.2, 0) is 0 Å². The van der Waals surface area contributed by atoms with Gasteiger partial charge in [0.2, 0.25) is 6.04 Å². The third kappa shape index (κ3) is 1.22. The number of pyridine rings is 1. The van der Waals surface area contributed by atoms with Gasteiger partial charge in [-0.2, -0.15) is 0 Å². The van der Waals surface area contributed by atoms with Crippen molar-refractivity contribution in [2.24, 2.45) is 0 Å². The van der Waals surface area contributed by atoms with Gasteiger partial charge in [0.25, 0.3) is 0 Å². The molecule has 12 heavy (non-hydrogen) atoms. The average molecular weight is 163 g/mol. The van der Waals surface area contributed by atoms with Gasteiger partial charge >= 0.3 is 0 Å². The van der Waals surface area contributed by atoms with E-state index in [4.69, 9.17) is 0 Å². The van der Waals surface area contributed by atoms with E-state index in [2.05, 4.69) is 4.98 Å². The highest BCUT2D eigenvalue weighted by Gasteiger charge is 2.33. The summed E-state index contributed by atoms with van der Waals surface area (Å²) in [5.74, 6) is 0. The molecule has 1 fully saturated rings. The topological polar surface area (TPSA) is 33.0 Å². The van der Waals surface area contributed by atoms with E-state index in [1.807, 2.05) is 18.2 Å². The SMILES string of the molecule is O=[N+]1CCCC1c1ccccn1. The maximum atomic E-state index is 11.3. The second kappa shape index (κ2) is 3.01. The Morgan fingerprint density at radius 1 is 1.50 bits per heavy atom. The first-order valence-corrected chi connectivity index (χ1v) is 4.22. The van der Waals surface area contributed by atoms with Gasteiger partial charge in [-0.05, 0) is 12.1 Å². The number of hydrogen-bond donors (Lipinski definition) is 0. The van der Waals surface area contributed by atoms with Gasteiger partial charge in [-0.3, -0.25) is 4.98 Å². The molecule has 1 aliphatic heterocycles. The largest absolute Gasteiger partial charge is 0.254 e. The molecule has 0 spiro atoms. The van der Waals surface area contributed by atoms with Crippen molar-refractivity contribution in [2.75, 3.05) is 6.54 Å². The van der Waals surface area contributed by atoms with Gasteiger partial charge in [0.1, 0.15) is 5.69 Å². The van der Waals surface area contributed by atoms with Crippen molar-refractivity contribution in [3.05, 3.63) is 35.0 Å². The molecule has 2 rings (SSSR count).